The monoisotopic (exact) mass is 742 g/mol. The molecule has 0 aliphatic heterocycles. The summed E-state index contributed by atoms with van der Waals surface area (Å²) in [6.07, 6.45) is 48.8. The lowest BCUT2D eigenvalue weighted by Crippen LogP contribution is -2.46. The largest absolute Gasteiger partial charge is 0.458 e. The van der Waals surface area contributed by atoms with Crippen LogP contribution in [-0.2, 0) is 14.3 Å². The van der Waals surface area contributed by atoms with Crippen LogP contribution in [-0.4, -0.2) is 46.9 Å². The van der Waals surface area contributed by atoms with Gasteiger partial charge in [0.1, 0.15) is 6.10 Å². The van der Waals surface area contributed by atoms with Crippen molar-refractivity contribution in [2.75, 3.05) is 6.61 Å². The van der Waals surface area contributed by atoms with Crippen LogP contribution in [0.4, 0.5) is 0 Å². The SMILES string of the molecule is CC/C=C/C/C=C/C/C=C/C/C=C/C/C=C/C(CC(=O)NC(CO)C(O)CCCCCCCCCCC)OC(=O)CCCCCCCCCCCCC. The highest BCUT2D eigenvalue weighted by atomic mass is 16.5. The van der Waals surface area contributed by atoms with E-state index in [1.807, 2.05) is 6.08 Å². The lowest BCUT2D eigenvalue weighted by Gasteiger charge is -2.23. The molecule has 0 rings (SSSR count). The van der Waals surface area contributed by atoms with Crippen molar-refractivity contribution in [1.29, 1.82) is 0 Å². The standard InChI is InChI=1S/C47H83NO5/c1-4-7-10-13-16-19-21-22-23-25-27-29-32-35-38-43(53-47(52)40-37-34-31-28-24-20-17-14-11-8-5-2)41-46(51)48-44(42-49)45(50)39-36-33-30-26-18-15-12-9-6-3/h7,10,16,19,22-23,27,29,35,38,43-45,49-50H,4-6,8-9,11-15,17-18,20-21,24-26,28,30-34,36-37,39-42H2,1-3H3,(H,48,51)/b10-7+,19-16+,23-22+,29-27+,38-35+. The molecule has 1 amide bonds. The molecule has 3 atom stereocenters. The quantitative estimate of drug-likeness (QED) is 0.0333. The van der Waals surface area contributed by atoms with Gasteiger partial charge in [-0.1, -0.05) is 197 Å². The van der Waals surface area contributed by atoms with Crippen molar-refractivity contribution in [2.24, 2.45) is 0 Å². The Morgan fingerprint density at radius 1 is 0.566 bits per heavy atom. The Morgan fingerprint density at radius 2 is 0.981 bits per heavy atom. The van der Waals surface area contributed by atoms with E-state index in [0.717, 1.165) is 64.2 Å². The number of allylic oxidation sites excluding steroid dienone is 9. The van der Waals surface area contributed by atoms with Crippen LogP contribution >= 0.6 is 0 Å². The van der Waals surface area contributed by atoms with Gasteiger partial charge in [-0.2, -0.15) is 0 Å². The average molecular weight is 742 g/mol. The Kier molecular flexibility index (Phi) is 38.9. The Balaban J connectivity index is 4.81. The smallest absolute Gasteiger partial charge is 0.306 e. The number of carbonyl (C=O) groups is 2. The van der Waals surface area contributed by atoms with E-state index >= 15 is 0 Å². The second-order valence-corrected chi connectivity index (χ2v) is 14.7. The van der Waals surface area contributed by atoms with E-state index < -0.39 is 18.2 Å². The number of unbranched alkanes of at least 4 members (excludes halogenated alkanes) is 18. The number of esters is 1. The Hall–Kier alpha value is -2.44. The van der Waals surface area contributed by atoms with E-state index in [0.29, 0.717) is 19.3 Å². The van der Waals surface area contributed by atoms with Gasteiger partial charge in [0.15, 0.2) is 0 Å². The van der Waals surface area contributed by atoms with Crippen LogP contribution in [0.15, 0.2) is 60.8 Å². The highest BCUT2D eigenvalue weighted by Gasteiger charge is 2.23. The average Bonchev–Trinajstić information content (AvgIpc) is 3.15. The predicted molar refractivity (Wildman–Crippen MR) is 227 cm³/mol. The molecule has 0 aromatic rings. The number of nitrogens with one attached hydrogen (secondary N) is 1. The first-order valence-electron chi connectivity index (χ1n) is 22.0. The topological polar surface area (TPSA) is 95.9 Å². The summed E-state index contributed by atoms with van der Waals surface area (Å²) in [4.78, 5) is 25.8. The van der Waals surface area contributed by atoms with Gasteiger partial charge in [0, 0.05) is 6.42 Å². The number of hydrogen-bond donors (Lipinski definition) is 3. The molecule has 3 unspecified atom stereocenters. The molecule has 0 fully saturated rings. The van der Waals surface area contributed by atoms with Gasteiger partial charge < -0.3 is 20.3 Å². The maximum Gasteiger partial charge on any atom is 0.306 e. The molecule has 53 heavy (non-hydrogen) atoms. The minimum absolute atomic E-state index is 0.0457. The summed E-state index contributed by atoms with van der Waals surface area (Å²) in [7, 11) is 0. The minimum atomic E-state index is -0.815. The molecular weight excluding hydrogens is 659 g/mol. The Morgan fingerprint density at radius 3 is 1.43 bits per heavy atom. The summed E-state index contributed by atoms with van der Waals surface area (Å²) < 4.78 is 5.78. The molecule has 0 saturated carbocycles. The molecular formula is C47H83NO5. The van der Waals surface area contributed by atoms with Crippen LogP contribution in [0.2, 0.25) is 0 Å². The zero-order chi connectivity index (χ0) is 38.9. The van der Waals surface area contributed by atoms with Crippen molar-refractivity contribution >= 4 is 11.9 Å². The van der Waals surface area contributed by atoms with Crippen molar-refractivity contribution in [1.82, 2.24) is 5.32 Å². The summed E-state index contributed by atoms with van der Waals surface area (Å²) in [5.41, 5.74) is 0. The Labute approximate surface area is 327 Å². The summed E-state index contributed by atoms with van der Waals surface area (Å²) in [5.74, 6) is -0.632. The van der Waals surface area contributed by atoms with E-state index in [2.05, 4.69) is 74.7 Å². The minimum Gasteiger partial charge on any atom is -0.458 e. The van der Waals surface area contributed by atoms with Crippen molar-refractivity contribution < 1.29 is 24.5 Å². The zero-order valence-corrected chi connectivity index (χ0v) is 34.6. The molecule has 0 aliphatic rings. The fraction of sp³-hybridized carbons (Fsp3) is 0.745. The fourth-order valence-corrected chi connectivity index (χ4v) is 6.27. The number of carbonyl (C=O) groups excluding carboxylic acids is 2. The Bertz CT molecular complexity index is 968. The van der Waals surface area contributed by atoms with Gasteiger partial charge in [0.05, 0.1) is 25.2 Å². The molecule has 0 aromatic carbocycles. The van der Waals surface area contributed by atoms with Crippen LogP contribution in [0.5, 0.6) is 0 Å². The van der Waals surface area contributed by atoms with E-state index in [1.54, 1.807) is 6.08 Å². The molecule has 0 bridgehead atoms. The third-order valence-electron chi connectivity index (χ3n) is 9.61. The van der Waals surface area contributed by atoms with Gasteiger partial charge in [-0.15, -0.1) is 0 Å². The molecule has 3 N–H and O–H groups in total. The molecule has 0 radical (unpaired) electrons. The van der Waals surface area contributed by atoms with Crippen molar-refractivity contribution in [2.45, 2.75) is 219 Å². The first-order chi connectivity index (χ1) is 26.0. The number of amides is 1. The molecule has 6 heteroatoms. The van der Waals surface area contributed by atoms with E-state index in [9.17, 15) is 19.8 Å². The van der Waals surface area contributed by atoms with Gasteiger partial charge in [-0.05, 0) is 51.0 Å². The molecule has 0 spiro atoms. The van der Waals surface area contributed by atoms with Crippen LogP contribution < -0.4 is 5.32 Å². The van der Waals surface area contributed by atoms with Crippen LogP contribution in [0, 0.1) is 0 Å². The lowest BCUT2D eigenvalue weighted by molar-refractivity contribution is -0.148. The number of hydrogen-bond acceptors (Lipinski definition) is 5. The first-order valence-corrected chi connectivity index (χ1v) is 22.0. The summed E-state index contributed by atoms with van der Waals surface area (Å²) in [6, 6.07) is -0.738. The number of aliphatic hydroxyl groups excluding tert-OH is 2. The second kappa shape index (κ2) is 40.7. The van der Waals surface area contributed by atoms with Gasteiger partial charge >= 0.3 is 5.97 Å². The molecule has 6 nitrogen and oxygen atoms in total. The van der Waals surface area contributed by atoms with E-state index in [1.165, 1.54) is 89.9 Å². The van der Waals surface area contributed by atoms with Crippen LogP contribution in [0.25, 0.3) is 0 Å². The number of ether oxygens (including phenoxy) is 1. The van der Waals surface area contributed by atoms with Gasteiger partial charge in [0.2, 0.25) is 5.91 Å². The predicted octanol–water partition coefficient (Wildman–Crippen LogP) is 12.5. The maximum atomic E-state index is 13.1. The number of aliphatic hydroxyl groups is 2. The van der Waals surface area contributed by atoms with E-state index in [4.69, 9.17) is 4.74 Å². The summed E-state index contributed by atoms with van der Waals surface area (Å²) in [6.45, 7) is 6.28. The van der Waals surface area contributed by atoms with Gasteiger partial charge in [0.25, 0.3) is 0 Å². The normalized spacial score (nSPS) is 14.0. The zero-order valence-electron chi connectivity index (χ0n) is 34.6. The molecule has 0 aliphatic carbocycles. The molecule has 0 saturated heterocycles. The third kappa shape index (κ3) is 36.3. The molecule has 0 aromatic heterocycles. The maximum absolute atomic E-state index is 13.1. The molecule has 306 valence electrons. The van der Waals surface area contributed by atoms with Gasteiger partial charge in [-0.25, -0.2) is 0 Å². The van der Waals surface area contributed by atoms with Crippen molar-refractivity contribution in [3.8, 4) is 0 Å². The lowest BCUT2D eigenvalue weighted by atomic mass is 10.0. The van der Waals surface area contributed by atoms with E-state index in [-0.39, 0.29) is 24.9 Å². The summed E-state index contributed by atoms with van der Waals surface area (Å²) in [5, 5.41) is 23.5. The number of rotatable bonds is 38. The summed E-state index contributed by atoms with van der Waals surface area (Å²) >= 11 is 0. The van der Waals surface area contributed by atoms with Crippen LogP contribution in [0.3, 0.4) is 0 Å². The highest BCUT2D eigenvalue weighted by molar-refractivity contribution is 5.78. The highest BCUT2D eigenvalue weighted by Crippen LogP contribution is 2.15. The second-order valence-electron chi connectivity index (χ2n) is 14.7. The fourth-order valence-electron chi connectivity index (χ4n) is 6.27. The first kappa shape index (κ1) is 50.6. The third-order valence-corrected chi connectivity index (χ3v) is 9.61. The molecule has 0 heterocycles. The van der Waals surface area contributed by atoms with Crippen molar-refractivity contribution in [3.05, 3.63) is 60.8 Å². The van der Waals surface area contributed by atoms with Crippen LogP contribution in [0.1, 0.15) is 201 Å². The van der Waals surface area contributed by atoms with Crippen molar-refractivity contribution in [3.63, 3.8) is 0 Å². The van der Waals surface area contributed by atoms with Gasteiger partial charge in [-0.3, -0.25) is 9.59 Å².